The average Bonchev–Trinajstić information content (AvgIpc) is 2.87. The smallest absolute Gasteiger partial charge is 0.162 e. The van der Waals surface area contributed by atoms with Gasteiger partial charge in [-0.05, 0) is 67.9 Å². The lowest BCUT2D eigenvalue weighted by atomic mass is 10.1. The molecule has 0 aliphatic heterocycles. The molecular formula is C31H37FN2O. The predicted octanol–water partition coefficient (Wildman–Crippen LogP) is 8.46. The molecule has 1 aromatic heterocycles. The molecule has 0 saturated carbocycles. The molecule has 0 saturated heterocycles. The Morgan fingerprint density at radius 1 is 1.00 bits per heavy atom. The molecule has 0 bridgehead atoms. The van der Waals surface area contributed by atoms with Gasteiger partial charge >= 0.3 is 0 Å². The first-order chi connectivity index (χ1) is 17.1. The molecule has 0 amide bonds. The molecule has 4 heteroatoms. The molecule has 1 unspecified atom stereocenters. The van der Waals surface area contributed by atoms with Crippen LogP contribution in [0.4, 0.5) is 4.39 Å². The molecule has 1 atom stereocenters. The van der Waals surface area contributed by atoms with Crippen molar-refractivity contribution in [2.75, 3.05) is 6.61 Å². The van der Waals surface area contributed by atoms with Crippen LogP contribution in [-0.4, -0.2) is 22.7 Å². The number of halogens is 1. The molecule has 0 aliphatic carbocycles. The van der Waals surface area contributed by atoms with Crippen LogP contribution in [0.1, 0.15) is 63.5 Å². The summed E-state index contributed by atoms with van der Waals surface area (Å²) in [7, 11) is 0. The van der Waals surface area contributed by atoms with Gasteiger partial charge in [-0.15, -0.1) is 6.58 Å². The van der Waals surface area contributed by atoms with Gasteiger partial charge < -0.3 is 4.74 Å². The Labute approximate surface area is 209 Å². The molecule has 2 aromatic carbocycles. The molecule has 0 spiro atoms. The zero-order chi connectivity index (χ0) is 24.9. The number of rotatable bonds is 14. The highest BCUT2D eigenvalue weighted by Crippen LogP contribution is 2.24. The topological polar surface area (TPSA) is 35.0 Å². The molecule has 3 aromatic rings. The van der Waals surface area contributed by atoms with E-state index >= 15 is 0 Å². The Bertz CT molecular complexity index is 1070. The minimum Gasteiger partial charge on any atom is -0.379 e. The number of unbranched alkanes of at least 4 members (excludes halogenated alkanes) is 3. The van der Waals surface area contributed by atoms with Crippen LogP contribution in [0.5, 0.6) is 0 Å². The number of aromatic nitrogens is 2. The van der Waals surface area contributed by atoms with Gasteiger partial charge in [0.2, 0.25) is 0 Å². The van der Waals surface area contributed by atoms with Crippen molar-refractivity contribution >= 4 is 6.08 Å². The maximum Gasteiger partial charge on any atom is 0.162 e. The Balaban J connectivity index is 1.49. The van der Waals surface area contributed by atoms with Crippen LogP contribution >= 0.6 is 0 Å². The molecule has 0 fully saturated rings. The summed E-state index contributed by atoms with van der Waals surface area (Å²) in [5, 5.41) is 0. The summed E-state index contributed by atoms with van der Waals surface area (Å²) in [6, 6.07) is 13.4. The third-order valence-electron chi connectivity index (χ3n) is 5.99. The highest BCUT2D eigenvalue weighted by Gasteiger charge is 2.09. The van der Waals surface area contributed by atoms with Crippen LogP contribution in [-0.2, 0) is 11.2 Å². The molecule has 184 valence electrons. The van der Waals surface area contributed by atoms with Gasteiger partial charge in [0.1, 0.15) is 5.82 Å². The van der Waals surface area contributed by atoms with Gasteiger partial charge in [0.25, 0.3) is 0 Å². The van der Waals surface area contributed by atoms with E-state index in [1.165, 1.54) is 18.9 Å². The van der Waals surface area contributed by atoms with E-state index < -0.39 is 0 Å². The van der Waals surface area contributed by atoms with Crippen molar-refractivity contribution in [3.05, 3.63) is 90.5 Å². The molecule has 3 rings (SSSR count). The van der Waals surface area contributed by atoms with Crippen molar-refractivity contribution in [3.8, 4) is 22.5 Å². The van der Waals surface area contributed by atoms with E-state index in [-0.39, 0.29) is 5.82 Å². The maximum atomic E-state index is 14.5. The van der Waals surface area contributed by atoms with Gasteiger partial charge in [0.05, 0.1) is 11.7 Å². The van der Waals surface area contributed by atoms with Crippen LogP contribution in [0.15, 0.2) is 73.6 Å². The summed E-state index contributed by atoms with van der Waals surface area (Å²) < 4.78 is 20.3. The van der Waals surface area contributed by atoms with Crippen molar-refractivity contribution in [2.45, 2.75) is 64.9 Å². The van der Waals surface area contributed by atoms with Gasteiger partial charge in [-0.3, -0.25) is 0 Å². The van der Waals surface area contributed by atoms with Crippen LogP contribution in [0.25, 0.3) is 28.6 Å². The second-order valence-corrected chi connectivity index (χ2v) is 8.95. The van der Waals surface area contributed by atoms with Gasteiger partial charge in [-0.2, -0.15) is 0 Å². The highest BCUT2D eigenvalue weighted by molar-refractivity contribution is 5.66. The fourth-order valence-electron chi connectivity index (χ4n) is 3.90. The van der Waals surface area contributed by atoms with Crippen LogP contribution in [0.2, 0.25) is 0 Å². The number of ether oxygens (including phenoxy) is 1. The molecule has 3 nitrogen and oxygen atoms in total. The summed E-state index contributed by atoms with van der Waals surface area (Å²) in [5.41, 5.74) is 4.39. The van der Waals surface area contributed by atoms with E-state index in [1.54, 1.807) is 24.5 Å². The van der Waals surface area contributed by atoms with E-state index in [2.05, 4.69) is 66.8 Å². The molecule has 0 aliphatic rings. The lowest BCUT2D eigenvalue weighted by Gasteiger charge is -2.12. The van der Waals surface area contributed by atoms with Gasteiger partial charge in [-0.1, -0.05) is 68.3 Å². The molecule has 0 radical (unpaired) electrons. The second kappa shape index (κ2) is 14.3. The van der Waals surface area contributed by atoms with E-state index in [4.69, 9.17) is 4.74 Å². The Morgan fingerprint density at radius 3 is 2.46 bits per heavy atom. The zero-order valence-electron chi connectivity index (χ0n) is 21.1. The monoisotopic (exact) mass is 472 g/mol. The molecule has 0 N–H and O–H groups in total. The highest BCUT2D eigenvalue weighted by atomic mass is 19.1. The lowest BCUT2D eigenvalue weighted by molar-refractivity contribution is 0.0566. The number of hydrogen-bond acceptors (Lipinski definition) is 3. The first-order valence-corrected chi connectivity index (χ1v) is 12.7. The van der Waals surface area contributed by atoms with E-state index in [1.807, 2.05) is 6.07 Å². The summed E-state index contributed by atoms with van der Waals surface area (Å²) in [6.07, 6.45) is 17.5. The first-order valence-electron chi connectivity index (χ1n) is 12.7. The van der Waals surface area contributed by atoms with Gasteiger partial charge in [-0.25, -0.2) is 14.4 Å². The van der Waals surface area contributed by atoms with Crippen molar-refractivity contribution < 1.29 is 9.13 Å². The molecule has 35 heavy (non-hydrogen) atoms. The van der Waals surface area contributed by atoms with Gasteiger partial charge in [0, 0.05) is 24.6 Å². The van der Waals surface area contributed by atoms with Crippen molar-refractivity contribution in [2.24, 2.45) is 0 Å². The number of hydrogen-bond donors (Lipinski definition) is 0. The minimum absolute atomic E-state index is 0.317. The SMILES string of the molecule is C=CCc1ccc(-c2ncc(-c3ccc(C=CCCCC(C)OCCCCC)cc3)cn2)c(F)c1. The molecule has 1 heterocycles. The first kappa shape index (κ1) is 26.5. The fourth-order valence-corrected chi connectivity index (χ4v) is 3.90. The average molecular weight is 473 g/mol. The third-order valence-corrected chi connectivity index (χ3v) is 5.99. The van der Waals surface area contributed by atoms with Crippen molar-refractivity contribution in [3.63, 3.8) is 0 Å². The fraction of sp³-hybridized carbons (Fsp3) is 0.355. The van der Waals surface area contributed by atoms with E-state index in [0.717, 1.165) is 54.5 Å². The number of allylic oxidation sites excluding steroid dienone is 2. The van der Waals surface area contributed by atoms with Crippen LogP contribution in [0, 0.1) is 5.82 Å². The van der Waals surface area contributed by atoms with Crippen molar-refractivity contribution in [1.82, 2.24) is 9.97 Å². The quantitative estimate of drug-likeness (QED) is 0.174. The minimum atomic E-state index is -0.317. The standard InChI is InChI=1S/C31H37FN2O/c1-4-6-10-20-35-24(3)12-8-7-9-13-25-14-17-27(18-15-25)28-22-33-31(34-23-28)29-19-16-26(11-5-2)21-30(29)32/h5,9,13-19,21-24H,2,4,6-8,10-12,20H2,1,3H3. The van der Waals surface area contributed by atoms with E-state index in [9.17, 15) is 4.39 Å². The summed E-state index contributed by atoms with van der Waals surface area (Å²) >= 11 is 0. The molecular weight excluding hydrogens is 435 g/mol. The normalized spacial score (nSPS) is 12.2. The largest absolute Gasteiger partial charge is 0.379 e. The number of benzene rings is 2. The van der Waals surface area contributed by atoms with Crippen molar-refractivity contribution in [1.29, 1.82) is 0 Å². The maximum absolute atomic E-state index is 14.5. The Kier molecular flexibility index (Phi) is 10.8. The Morgan fingerprint density at radius 2 is 1.77 bits per heavy atom. The summed E-state index contributed by atoms with van der Waals surface area (Å²) in [5.74, 6) is 0.0684. The Hall–Kier alpha value is -3.11. The summed E-state index contributed by atoms with van der Waals surface area (Å²) in [6.45, 7) is 8.96. The van der Waals surface area contributed by atoms with Crippen LogP contribution in [0.3, 0.4) is 0 Å². The van der Waals surface area contributed by atoms with Crippen LogP contribution < -0.4 is 0 Å². The summed E-state index contributed by atoms with van der Waals surface area (Å²) in [4.78, 5) is 8.80. The van der Waals surface area contributed by atoms with Gasteiger partial charge in [0.15, 0.2) is 5.82 Å². The number of nitrogens with zero attached hydrogens (tertiary/aromatic N) is 2. The van der Waals surface area contributed by atoms with E-state index in [0.29, 0.717) is 23.9 Å². The predicted molar refractivity (Wildman–Crippen MR) is 145 cm³/mol. The third kappa shape index (κ3) is 8.56. The second-order valence-electron chi connectivity index (χ2n) is 8.95. The lowest BCUT2D eigenvalue weighted by Crippen LogP contribution is -2.08. The zero-order valence-corrected chi connectivity index (χ0v) is 21.1.